The lowest BCUT2D eigenvalue weighted by Gasteiger charge is -2.20. The van der Waals surface area contributed by atoms with Gasteiger partial charge in [0.1, 0.15) is 0 Å². The number of ether oxygens (including phenoxy) is 1. The van der Waals surface area contributed by atoms with Crippen LogP contribution < -0.4 is 11.1 Å². The minimum atomic E-state index is 0. The van der Waals surface area contributed by atoms with Crippen molar-refractivity contribution in [2.45, 2.75) is 46.0 Å². The van der Waals surface area contributed by atoms with Gasteiger partial charge >= 0.3 is 0 Å². The Labute approximate surface area is 128 Å². The fourth-order valence-electron chi connectivity index (χ4n) is 2.25. The molecule has 0 heterocycles. The van der Waals surface area contributed by atoms with Gasteiger partial charge < -0.3 is 15.8 Å². The van der Waals surface area contributed by atoms with Crippen LogP contribution in [0, 0.1) is 5.41 Å². The molecule has 1 fully saturated rings. The van der Waals surface area contributed by atoms with E-state index in [1.807, 2.05) is 6.92 Å². The molecule has 0 atom stereocenters. The largest absolute Gasteiger partial charge is 0.382 e. The van der Waals surface area contributed by atoms with Crippen LogP contribution in [-0.4, -0.2) is 32.3 Å². The predicted octanol–water partition coefficient (Wildman–Crippen LogP) is 2.52. The van der Waals surface area contributed by atoms with E-state index in [1.54, 1.807) is 0 Å². The van der Waals surface area contributed by atoms with E-state index in [-0.39, 0.29) is 24.0 Å². The highest BCUT2D eigenvalue weighted by Gasteiger charge is 2.28. The molecular formula is C13H28IN3O. The van der Waals surface area contributed by atoms with Gasteiger partial charge in [-0.3, -0.25) is 4.99 Å². The zero-order chi connectivity index (χ0) is 12.6. The Morgan fingerprint density at radius 2 is 2.06 bits per heavy atom. The number of nitrogens with two attached hydrogens (primary N) is 1. The zero-order valence-electron chi connectivity index (χ0n) is 11.7. The molecule has 0 aromatic rings. The Kier molecular flexibility index (Phi) is 9.81. The third kappa shape index (κ3) is 7.41. The van der Waals surface area contributed by atoms with Crippen molar-refractivity contribution in [1.82, 2.24) is 5.32 Å². The van der Waals surface area contributed by atoms with Crippen LogP contribution in [0.4, 0.5) is 0 Å². The van der Waals surface area contributed by atoms with Gasteiger partial charge in [0.05, 0.1) is 0 Å². The molecule has 0 aromatic heterocycles. The van der Waals surface area contributed by atoms with Gasteiger partial charge in [-0.2, -0.15) is 0 Å². The average Bonchev–Trinajstić information content (AvgIpc) is 2.74. The molecule has 4 nitrogen and oxygen atoms in total. The summed E-state index contributed by atoms with van der Waals surface area (Å²) in [7, 11) is 0. The fraction of sp³-hybridized carbons (Fsp3) is 0.923. The van der Waals surface area contributed by atoms with E-state index in [4.69, 9.17) is 10.5 Å². The van der Waals surface area contributed by atoms with E-state index in [2.05, 4.69) is 17.2 Å². The second kappa shape index (κ2) is 9.83. The van der Waals surface area contributed by atoms with E-state index in [0.29, 0.717) is 11.4 Å². The summed E-state index contributed by atoms with van der Waals surface area (Å²) in [6.07, 6.45) is 6.23. The molecule has 0 amide bonds. The molecular weight excluding hydrogens is 341 g/mol. The van der Waals surface area contributed by atoms with Gasteiger partial charge in [0.15, 0.2) is 5.96 Å². The average molecular weight is 369 g/mol. The molecule has 0 unspecified atom stereocenters. The topological polar surface area (TPSA) is 59.6 Å². The quantitative estimate of drug-likeness (QED) is 0.314. The van der Waals surface area contributed by atoms with Crippen molar-refractivity contribution in [3.8, 4) is 0 Å². The molecule has 0 spiro atoms. The second-order valence-corrected chi connectivity index (χ2v) is 5.20. The second-order valence-electron chi connectivity index (χ2n) is 5.20. The highest BCUT2D eigenvalue weighted by molar-refractivity contribution is 14.0. The van der Waals surface area contributed by atoms with Crippen molar-refractivity contribution in [2.24, 2.45) is 16.1 Å². The van der Waals surface area contributed by atoms with Gasteiger partial charge in [-0.1, -0.05) is 19.8 Å². The molecule has 5 heteroatoms. The molecule has 0 aliphatic heterocycles. The molecule has 0 bridgehead atoms. The van der Waals surface area contributed by atoms with Crippen molar-refractivity contribution in [2.75, 3.05) is 26.3 Å². The van der Waals surface area contributed by atoms with Gasteiger partial charge in [0.25, 0.3) is 0 Å². The predicted molar refractivity (Wildman–Crippen MR) is 87.6 cm³/mol. The summed E-state index contributed by atoms with van der Waals surface area (Å²) in [5.74, 6) is 0.578. The molecule has 1 saturated carbocycles. The van der Waals surface area contributed by atoms with Crippen LogP contribution >= 0.6 is 24.0 Å². The van der Waals surface area contributed by atoms with Crippen LogP contribution in [0.3, 0.4) is 0 Å². The number of nitrogens with zero attached hydrogens (tertiary/aromatic N) is 1. The van der Waals surface area contributed by atoms with Gasteiger partial charge in [-0.05, 0) is 31.6 Å². The van der Waals surface area contributed by atoms with Crippen LogP contribution in [0.1, 0.15) is 46.0 Å². The van der Waals surface area contributed by atoms with Crippen LogP contribution in [0.25, 0.3) is 0 Å². The Morgan fingerprint density at radius 3 is 2.67 bits per heavy atom. The van der Waals surface area contributed by atoms with Crippen molar-refractivity contribution < 1.29 is 4.74 Å². The number of guanidine groups is 1. The lowest BCUT2D eigenvalue weighted by Crippen LogP contribution is -2.34. The SMILES string of the molecule is CCOCCCNC(N)=NCC1(C)CCCC1.I. The molecule has 0 aromatic carbocycles. The van der Waals surface area contributed by atoms with Crippen LogP contribution in [0.2, 0.25) is 0 Å². The smallest absolute Gasteiger partial charge is 0.188 e. The molecule has 108 valence electrons. The van der Waals surface area contributed by atoms with Gasteiger partial charge in [0, 0.05) is 26.3 Å². The summed E-state index contributed by atoms with van der Waals surface area (Å²) >= 11 is 0. The summed E-state index contributed by atoms with van der Waals surface area (Å²) in [6, 6.07) is 0. The Balaban J connectivity index is 0.00000289. The maximum atomic E-state index is 5.82. The maximum absolute atomic E-state index is 5.82. The number of nitrogens with one attached hydrogen (secondary N) is 1. The van der Waals surface area contributed by atoms with Crippen molar-refractivity contribution >= 4 is 29.9 Å². The first-order valence-electron chi connectivity index (χ1n) is 6.78. The molecule has 0 radical (unpaired) electrons. The van der Waals surface area contributed by atoms with Crippen molar-refractivity contribution in [1.29, 1.82) is 0 Å². The fourth-order valence-corrected chi connectivity index (χ4v) is 2.25. The summed E-state index contributed by atoms with van der Waals surface area (Å²) in [5.41, 5.74) is 6.21. The summed E-state index contributed by atoms with van der Waals surface area (Å²) < 4.78 is 5.25. The lowest BCUT2D eigenvalue weighted by atomic mass is 9.89. The number of rotatable bonds is 7. The highest BCUT2D eigenvalue weighted by atomic mass is 127. The number of hydrogen-bond donors (Lipinski definition) is 2. The number of aliphatic imine (C=N–C) groups is 1. The summed E-state index contributed by atoms with van der Waals surface area (Å²) in [6.45, 7) is 7.58. The first-order valence-corrected chi connectivity index (χ1v) is 6.78. The summed E-state index contributed by atoms with van der Waals surface area (Å²) in [4.78, 5) is 4.44. The Bertz CT molecular complexity index is 240. The number of halogens is 1. The van der Waals surface area contributed by atoms with Gasteiger partial charge in [0.2, 0.25) is 0 Å². The third-order valence-corrected chi connectivity index (χ3v) is 3.42. The summed E-state index contributed by atoms with van der Waals surface area (Å²) in [5, 5.41) is 3.13. The molecule has 0 saturated heterocycles. The van der Waals surface area contributed by atoms with E-state index < -0.39 is 0 Å². The molecule has 1 aliphatic rings. The zero-order valence-corrected chi connectivity index (χ0v) is 14.0. The van der Waals surface area contributed by atoms with E-state index in [0.717, 1.165) is 32.7 Å². The van der Waals surface area contributed by atoms with Crippen LogP contribution in [-0.2, 0) is 4.74 Å². The molecule has 18 heavy (non-hydrogen) atoms. The minimum Gasteiger partial charge on any atom is -0.382 e. The lowest BCUT2D eigenvalue weighted by molar-refractivity contribution is 0.145. The molecule has 1 rings (SSSR count). The van der Waals surface area contributed by atoms with E-state index in [9.17, 15) is 0 Å². The first-order chi connectivity index (χ1) is 8.16. The van der Waals surface area contributed by atoms with Crippen molar-refractivity contribution in [3.63, 3.8) is 0 Å². The highest BCUT2D eigenvalue weighted by Crippen LogP contribution is 2.37. The standard InChI is InChI=1S/C13H27N3O.HI/c1-3-17-10-6-9-15-12(14)16-11-13(2)7-4-5-8-13;/h3-11H2,1-2H3,(H3,14,15,16);1H. The monoisotopic (exact) mass is 369 g/mol. The van der Waals surface area contributed by atoms with Crippen LogP contribution in [0.5, 0.6) is 0 Å². The number of hydrogen-bond acceptors (Lipinski definition) is 2. The van der Waals surface area contributed by atoms with E-state index >= 15 is 0 Å². The third-order valence-electron chi connectivity index (χ3n) is 3.42. The van der Waals surface area contributed by atoms with E-state index in [1.165, 1.54) is 25.7 Å². The van der Waals surface area contributed by atoms with Gasteiger partial charge in [-0.15, -0.1) is 24.0 Å². The maximum Gasteiger partial charge on any atom is 0.188 e. The first kappa shape index (κ1) is 18.0. The Morgan fingerprint density at radius 1 is 1.39 bits per heavy atom. The molecule has 3 N–H and O–H groups in total. The Hall–Kier alpha value is -0.0400. The minimum absolute atomic E-state index is 0. The normalized spacial score (nSPS) is 18.4. The van der Waals surface area contributed by atoms with Crippen LogP contribution in [0.15, 0.2) is 4.99 Å². The van der Waals surface area contributed by atoms with Gasteiger partial charge in [-0.25, -0.2) is 0 Å². The van der Waals surface area contributed by atoms with Crippen molar-refractivity contribution in [3.05, 3.63) is 0 Å². The molecule has 1 aliphatic carbocycles.